The second-order valence-corrected chi connectivity index (χ2v) is 7.86. The Bertz CT molecular complexity index is 887. The lowest BCUT2D eigenvalue weighted by Gasteiger charge is -2.41. The van der Waals surface area contributed by atoms with Gasteiger partial charge in [-0.2, -0.15) is 0 Å². The van der Waals surface area contributed by atoms with Gasteiger partial charge in [-0.1, -0.05) is 11.6 Å². The van der Waals surface area contributed by atoms with Crippen LogP contribution in [0.5, 0.6) is 5.75 Å². The van der Waals surface area contributed by atoms with Gasteiger partial charge in [0.1, 0.15) is 23.4 Å². The van der Waals surface area contributed by atoms with Crippen molar-refractivity contribution in [2.24, 2.45) is 11.3 Å². The van der Waals surface area contributed by atoms with Crippen LogP contribution in [0, 0.1) is 18.3 Å². The highest BCUT2D eigenvalue weighted by atomic mass is 16.6. The summed E-state index contributed by atoms with van der Waals surface area (Å²) < 4.78 is 16.4. The summed E-state index contributed by atoms with van der Waals surface area (Å²) in [4.78, 5) is 36.2. The maximum absolute atomic E-state index is 12.7. The fourth-order valence-corrected chi connectivity index (χ4v) is 5.04. The fraction of sp³-hybridized carbons (Fsp3) is 0.500. The van der Waals surface area contributed by atoms with E-state index in [4.69, 9.17) is 14.2 Å². The van der Waals surface area contributed by atoms with Gasteiger partial charge in [0.05, 0.1) is 7.11 Å². The number of carbonyl (C=O) groups excluding carboxylic acids is 2. The summed E-state index contributed by atoms with van der Waals surface area (Å²) in [5.74, 6) is -2.40. The molecule has 5 unspecified atom stereocenters. The van der Waals surface area contributed by atoms with Gasteiger partial charge >= 0.3 is 17.9 Å². The Labute approximate surface area is 169 Å². The molecule has 1 N–H and O–H groups in total. The molecule has 0 aromatic heterocycles. The van der Waals surface area contributed by atoms with Crippen LogP contribution in [-0.2, 0) is 23.9 Å². The molecule has 2 aliphatic carbocycles. The molecule has 1 aromatic carbocycles. The standard InChI is InChI=1S/C22H26O7/c1-11-6-15(9-16(7-11)27-5)18-10-17-19(28-13(3)23)8-12(2)22(18,21(25)26)20(17)29-14(4)24/h6-9,17-20H,10H2,1-5H3,(H,25,26). The lowest BCUT2D eigenvalue weighted by molar-refractivity contribution is -0.170. The van der Waals surface area contributed by atoms with Gasteiger partial charge < -0.3 is 19.3 Å². The van der Waals surface area contributed by atoms with Crippen molar-refractivity contribution in [1.82, 2.24) is 0 Å². The molecule has 0 aliphatic heterocycles. The first-order valence-electron chi connectivity index (χ1n) is 9.53. The first-order chi connectivity index (χ1) is 13.6. The molecule has 2 bridgehead atoms. The summed E-state index contributed by atoms with van der Waals surface area (Å²) in [6, 6.07) is 5.62. The van der Waals surface area contributed by atoms with Crippen molar-refractivity contribution in [2.45, 2.75) is 52.2 Å². The SMILES string of the molecule is COc1cc(C)cc(C2CC3C(OC(C)=O)C=C(C)C2(C(=O)O)C3OC(C)=O)c1. The van der Waals surface area contributed by atoms with Gasteiger partial charge in [0.25, 0.3) is 0 Å². The number of aryl methyl sites for hydroxylation is 1. The van der Waals surface area contributed by atoms with Crippen LogP contribution in [0.25, 0.3) is 0 Å². The third kappa shape index (κ3) is 3.39. The third-order valence-corrected chi connectivity index (χ3v) is 6.04. The van der Waals surface area contributed by atoms with Crippen LogP contribution in [0.3, 0.4) is 0 Å². The number of esters is 2. The summed E-state index contributed by atoms with van der Waals surface area (Å²) >= 11 is 0. The van der Waals surface area contributed by atoms with Gasteiger partial charge in [-0.3, -0.25) is 14.4 Å². The molecular weight excluding hydrogens is 376 g/mol. The third-order valence-electron chi connectivity index (χ3n) is 6.04. The number of ether oxygens (including phenoxy) is 3. The van der Waals surface area contributed by atoms with Gasteiger partial charge in [0, 0.05) is 25.7 Å². The molecular formula is C22H26O7. The molecule has 1 saturated carbocycles. The molecule has 0 spiro atoms. The van der Waals surface area contributed by atoms with Crippen LogP contribution < -0.4 is 4.74 Å². The number of fused-ring (bicyclic) bond motifs is 2. The molecule has 0 amide bonds. The Hall–Kier alpha value is -2.83. The first-order valence-corrected chi connectivity index (χ1v) is 9.53. The zero-order chi connectivity index (χ0) is 21.5. The normalized spacial score (nSPS) is 30.3. The van der Waals surface area contributed by atoms with Crippen molar-refractivity contribution < 1.29 is 33.7 Å². The van der Waals surface area contributed by atoms with E-state index in [0.717, 1.165) is 11.1 Å². The Morgan fingerprint density at radius 3 is 2.28 bits per heavy atom. The highest BCUT2D eigenvalue weighted by Crippen LogP contribution is 2.61. The number of carboxylic acid groups (broad SMARTS) is 1. The molecule has 2 aliphatic rings. The van der Waals surface area contributed by atoms with Crippen molar-refractivity contribution >= 4 is 17.9 Å². The Balaban J connectivity index is 2.21. The van der Waals surface area contributed by atoms with Crippen molar-refractivity contribution in [1.29, 1.82) is 0 Å². The van der Waals surface area contributed by atoms with E-state index in [1.165, 1.54) is 13.8 Å². The molecule has 7 heteroatoms. The number of hydrogen-bond donors (Lipinski definition) is 1. The van der Waals surface area contributed by atoms with Gasteiger partial charge in [0.2, 0.25) is 0 Å². The smallest absolute Gasteiger partial charge is 0.318 e. The zero-order valence-corrected chi connectivity index (χ0v) is 17.2. The monoisotopic (exact) mass is 402 g/mol. The summed E-state index contributed by atoms with van der Waals surface area (Å²) in [7, 11) is 1.56. The van der Waals surface area contributed by atoms with Crippen LogP contribution in [-0.4, -0.2) is 42.3 Å². The van der Waals surface area contributed by atoms with Crippen LogP contribution in [0.1, 0.15) is 44.2 Å². The van der Waals surface area contributed by atoms with Crippen LogP contribution >= 0.6 is 0 Å². The van der Waals surface area contributed by atoms with E-state index in [-0.39, 0.29) is 0 Å². The topological polar surface area (TPSA) is 99.1 Å². The number of methoxy groups -OCH3 is 1. The van der Waals surface area contributed by atoms with E-state index in [9.17, 15) is 19.5 Å². The highest BCUT2D eigenvalue weighted by Gasteiger charge is 2.67. The van der Waals surface area contributed by atoms with E-state index in [0.29, 0.717) is 17.7 Å². The molecule has 0 radical (unpaired) electrons. The van der Waals surface area contributed by atoms with Crippen LogP contribution in [0.15, 0.2) is 29.8 Å². The molecule has 5 atom stereocenters. The number of aliphatic carboxylic acids is 1. The molecule has 0 saturated heterocycles. The molecule has 7 nitrogen and oxygen atoms in total. The quantitative estimate of drug-likeness (QED) is 0.597. The Morgan fingerprint density at radius 1 is 1.07 bits per heavy atom. The van der Waals surface area contributed by atoms with E-state index in [1.807, 2.05) is 25.1 Å². The van der Waals surface area contributed by atoms with Crippen molar-refractivity contribution in [2.75, 3.05) is 7.11 Å². The minimum absolute atomic E-state index is 0.392. The van der Waals surface area contributed by atoms with Crippen molar-refractivity contribution in [3.8, 4) is 5.75 Å². The van der Waals surface area contributed by atoms with Crippen LogP contribution in [0.2, 0.25) is 0 Å². The predicted octanol–water partition coefficient (Wildman–Crippen LogP) is 3.00. The molecule has 1 fully saturated rings. The van der Waals surface area contributed by atoms with Gasteiger partial charge in [-0.05, 0) is 49.6 Å². The summed E-state index contributed by atoms with van der Waals surface area (Å²) in [5, 5.41) is 10.4. The average molecular weight is 402 g/mol. The summed E-state index contributed by atoms with van der Waals surface area (Å²) in [6.07, 6.45) is 0.486. The molecule has 0 heterocycles. The number of carbonyl (C=O) groups is 3. The van der Waals surface area contributed by atoms with E-state index in [2.05, 4.69) is 0 Å². The maximum atomic E-state index is 12.7. The van der Waals surface area contributed by atoms with Gasteiger partial charge in [-0.25, -0.2) is 0 Å². The van der Waals surface area contributed by atoms with Crippen molar-refractivity contribution in [3.05, 3.63) is 41.0 Å². The molecule has 1 aromatic rings. The lowest BCUT2D eigenvalue weighted by Crippen LogP contribution is -2.51. The number of hydrogen-bond acceptors (Lipinski definition) is 6. The molecule has 156 valence electrons. The van der Waals surface area contributed by atoms with E-state index in [1.54, 1.807) is 20.1 Å². The van der Waals surface area contributed by atoms with Crippen molar-refractivity contribution in [3.63, 3.8) is 0 Å². The zero-order valence-electron chi connectivity index (χ0n) is 17.2. The lowest BCUT2D eigenvalue weighted by atomic mass is 9.66. The Kier molecular flexibility index (Phi) is 5.43. The second-order valence-electron chi connectivity index (χ2n) is 7.86. The van der Waals surface area contributed by atoms with Gasteiger partial charge in [-0.15, -0.1) is 0 Å². The molecule has 3 rings (SSSR count). The average Bonchev–Trinajstić information content (AvgIpc) is 2.88. The largest absolute Gasteiger partial charge is 0.497 e. The second kappa shape index (κ2) is 7.54. The first kappa shape index (κ1) is 20.9. The molecule has 29 heavy (non-hydrogen) atoms. The minimum Gasteiger partial charge on any atom is -0.497 e. The highest BCUT2D eigenvalue weighted by molar-refractivity contribution is 5.83. The predicted molar refractivity (Wildman–Crippen MR) is 104 cm³/mol. The van der Waals surface area contributed by atoms with Crippen LogP contribution in [0.4, 0.5) is 0 Å². The summed E-state index contributed by atoms with van der Waals surface area (Å²) in [5.41, 5.74) is 0.802. The fourth-order valence-electron chi connectivity index (χ4n) is 5.04. The minimum atomic E-state index is -1.44. The van der Waals surface area contributed by atoms with Gasteiger partial charge in [0.15, 0.2) is 0 Å². The number of rotatable bonds is 5. The van der Waals surface area contributed by atoms with E-state index < -0.39 is 47.4 Å². The Morgan fingerprint density at radius 2 is 1.72 bits per heavy atom. The summed E-state index contributed by atoms with van der Waals surface area (Å²) in [6.45, 7) is 6.17. The number of benzene rings is 1. The number of carboxylic acids is 1. The van der Waals surface area contributed by atoms with E-state index >= 15 is 0 Å². The maximum Gasteiger partial charge on any atom is 0.318 e.